The summed E-state index contributed by atoms with van der Waals surface area (Å²) in [6.45, 7) is 1.25. The molecule has 122 valence electrons. The van der Waals surface area contributed by atoms with Crippen LogP contribution in [0.25, 0.3) is 0 Å². The van der Waals surface area contributed by atoms with Crippen molar-refractivity contribution in [1.82, 2.24) is 9.88 Å². The van der Waals surface area contributed by atoms with Crippen LogP contribution < -0.4 is 0 Å². The Morgan fingerprint density at radius 2 is 1.96 bits per heavy atom. The van der Waals surface area contributed by atoms with Crippen LogP contribution in [0.5, 0.6) is 0 Å². The number of thiophene rings is 1. The van der Waals surface area contributed by atoms with Gasteiger partial charge in [0.05, 0.1) is 0 Å². The van der Waals surface area contributed by atoms with E-state index in [2.05, 4.69) is 32.4 Å². The summed E-state index contributed by atoms with van der Waals surface area (Å²) < 4.78 is 0.969. The zero-order chi connectivity index (χ0) is 16.8. The average Bonchev–Trinajstić information content (AvgIpc) is 3.13. The van der Waals surface area contributed by atoms with E-state index in [9.17, 15) is 4.79 Å². The summed E-state index contributed by atoms with van der Waals surface area (Å²) in [4.78, 5) is 20.2. The first-order valence-electron chi connectivity index (χ1n) is 7.68. The summed E-state index contributed by atoms with van der Waals surface area (Å²) in [6.07, 6.45) is 4.42. The number of hydrogen-bond acceptors (Lipinski definition) is 3. The molecule has 2 heterocycles. The van der Waals surface area contributed by atoms with Crippen LogP contribution in [0, 0.1) is 0 Å². The smallest absolute Gasteiger partial charge is 0.254 e. The Labute approximate surface area is 154 Å². The molecule has 0 bridgehead atoms. The van der Waals surface area contributed by atoms with Crippen LogP contribution in [-0.2, 0) is 13.0 Å². The van der Waals surface area contributed by atoms with Gasteiger partial charge in [0.15, 0.2) is 0 Å². The molecule has 0 fully saturated rings. The fourth-order valence-corrected chi connectivity index (χ4v) is 3.40. The number of carbonyl (C=O) groups excluding carboxylic acids is 1. The molecule has 0 saturated heterocycles. The number of pyridine rings is 1. The maximum Gasteiger partial charge on any atom is 0.254 e. The average molecular weight is 401 g/mol. The topological polar surface area (TPSA) is 33.2 Å². The molecule has 1 amide bonds. The third-order valence-electron chi connectivity index (χ3n) is 3.68. The Morgan fingerprint density at radius 1 is 1.12 bits per heavy atom. The summed E-state index contributed by atoms with van der Waals surface area (Å²) in [5, 5.41) is 2.07. The van der Waals surface area contributed by atoms with Gasteiger partial charge in [-0.3, -0.25) is 9.78 Å². The van der Waals surface area contributed by atoms with Gasteiger partial charge in [-0.25, -0.2) is 0 Å². The molecule has 0 aliphatic rings. The van der Waals surface area contributed by atoms with E-state index >= 15 is 0 Å². The number of rotatable bonds is 6. The zero-order valence-electron chi connectivity index (χ0n) is 13.1. The van der Waals surface area contributed by atoms with E-state index < -0.39 is 0 Å². The van der Waals surface area contributed by atoms with Gasteiger partial charge in [-0.1, -0.05) is 28.1 Å². The van der Waals surface area contributed by atoms with Gasteiger partial charge in [-0.2, -0.15) is 0 Å². The minimum Gasteiger partial charge on any atom is -0.334 e. The summed E-state index contributed by atoms with van der Waals surface area (Å²) in [5.74, 6) is 0.0444. The predicted octanol–water partition coefficient (Wildman–Crippen LogP) is 4.79. The Morgan fingerprint density at radius 3 is 2.62 bits per heavy atom. The molecule has 0 radical (unpaired) electrons. The first kappa shape index (κ1) is 16.9. The molecule has 0 saturated carbocycles. The second-order valence-corrected chi connectivity index (χ2v) is 7.37. The number of aromatic nitrogens is 1. The molecule has 0 spiro atoms. The van der Waals surface area contributed by atoms with E-state index in [1.807, 2.05) is 53.6 Å². The molecule has 3 nitrogen and oxygen atoms in total. The van der Waals surface area contributed by atoms with Gasteiger partial charge in [-0.05, 0) is 53.8 Å². The van der Waals surface area contributed by atoms with Crippen LogP contribution in [0.4, 0.5) is 0 Å². The monoisotopic (exact) mass is 400 g/mol. The zero-order valence-corrected chi connectivity index (χ0v) is 15.5. The summed E-state index contributed by atoms with van der Waals surface area (Å²) in [6, 6.07) is 15.6. The van der Waals surface area contributed by atoms with Crippen LogP contribution in [0.3, 0.4) is 0 Å². The number of hydrogen-bond donors (Lipinski definition) is 0. The van der Waals surface area contributed by atoms with Gasteiger partial charge < -0.3 is 4.90 Å². The van der Waals surface area contributed by atoms with Crippen molar-refractivity contribution < 1.29 is 4.79 Å². The first-order chi connectivity index (χ1) is 11.7. The molecule has 0 aliphatic heterocycles. The largest absolute Gasteiger partial charge is 0.334 e. The third-order valence-corrected chi connectivity index (χ3v) is 5.15. The highest BCUT2D eigenvalue weighted by atomic mass is 79.9. The second-order valence-electron chi connectivity index (χ2n) is 5.42. The Bertz CT molecular complexity index is 773. The van der Waals surface area contributed by atoms with E-state index in [1.165, 1.54) is 4.88 Å². The van der Waals surface area contributed by atoms with Crippen molar-refractivity contribution in [3.63, 3.8) is 0 Å². The SMILES string of the molecule is O=C(c1ccc(Br)cc1)N(CCc1cccs1)Cc1cccnc1. The number of amides is 1. The molecular formula is C19H17BrN2OS. The minimum absolute atomic E-state index is 0.0444. The molecule has 3 aromatic rings. The molecule has 0 aliphatic carbocycles. The maximum atomic E-state index is 12.9. The van der Waals surface area contributed by atoms with Crippen molar-refractivity contribution in [3.8, 4) is 0 Å². The van der Waals surface area contributed by atoms with Gasteiger partial charge in [0.2, 0.25) is 0 Å². The van der Waals surface area contributed by atoms with Crippen molar-refractivity contribution in [1.29, 1.82) is 0 Å². The van der Waals surface area contributed by atoms with Gasteiger partial charge in [-0.15, -0.1) is 11.3 Å². The lowest BCUT2D eigenvalue weighted by Crippen LogP contribution is -2.32. The van der Waals surface area contributed by atoms with E-state index in [1.54, 1.807) is 17.5 Å². The van der Waals surface area contributed by atoms with Crippen LogP contribution in [0.1, 0.15) is 20.8 Å². The predicted molar refractivity (Wildman–Crippen MR) is 101 cm³/mol. The highest BCUT2D eigenvalue weighted by molar-refractivity contribution is 9.10. The van der Waals surface area contributed by atoms with E-state index in [4.69, 9.17) is 0 Å². The Kier molecular flexibility index (Phi) is 5.77. The summed E-state index contributed by atoms with van der Waals surface area (Å²) in [7, 11) is 0. The number of carbonyl (C=O) groups is 1. The second kappa shape index (κ2) is 8.22. The van der Waals surface area contributed by atoms with Crippen molar-refractivity contribution in [2.45, 2.75) is 13.0 Å². The highest BCUT2D eigenvalue weighted by Crippen LogP contribution is 2.16. The van der Waals surface area contributed by atoms with Crippen molar-refractivity contribution in [2.75, 3.05) is 6.54 Å². The molecule has 2 aromatic heterocycles. The van der Waals surface area contributed by atoms with Gasteiger partial charge in [0, 0.05) is 40.4 Å². The molecule has 24 heavy (non-hydrogen) atoms. The van der Waals surface area contributed by atoms with Gasteiger partial charge in [0.1, 0.15) is 0 Å². The standard InChI is InChI=1S/C19H17BrN2OS/c20-17-7-5-16(6-8-17)19(23)22(11-9-18-4-2-12-24-18)14-15-3-1-10-21-13-15/h1-8,10,12-13H,9,11,14H2. The van der Waals surface area contributed by atoms with Gasteiger partial charge >= 0.3 is 0 Å². The molecule has 0 N–H and O–H groups in total. The van der Waals surface area contributed by atoms with E-state index in [0.717, 1.165) is 16.5 Å². The van der Waals surface area contributed by atoms with E-state index in [0.29, 0.717) is 18.7 Å². The van der Waals surface area contributed by atoms with Crippen LogP contribution in [0.2, 0.25) is 0 Å². The lowest BCUT2D eigenvalue weighted by molar-refractivity contribution is 0.0745. The summed E-state index contributed by atoms with van der Waals surface area (Å²) in [5.41, 5.74) is 1.74. The van der Waals surface area contributed by atoms with Crippen LogP contribution in [0.15, 0.2) is 70.8 Å². The minimum atomic E-state index is 0.0444. The van der Waals surface area contributed by atoms with Gasteiger partial charge in [0.25, 0.3) is 5.91 Å². The Hall–Kier alpha value is -1.98. The first-order valence-corrected chi connectivity index (χ1v) is 9.36. The molecule has 1 aromatic carbocycles. The summed E-state index contributed by atoms with van der Waals surface area (Å²) >= 11 is 5.13. The maximum absolute atomic E-state index is 12.9. The van der Waals surface area contributed by atoms with Crippen molar-refractivity contribution in [2.24, 2.45) is 0 Å². The number of benzene rings is 1. The molecule has 0 atom stereocenters. The van der Waals surface area contributed by atoms with E-state index in [-0.39, 0.29) is 5.91 Å². The molecule has 5 heteroatoms. The normalized spacial score (nSPS) is 10.5. The van der Waals surface area contributed by atoms with Crippen molar-refractivity contribution >= 4 is 33.2 Å². The Balaban J connectivity index is 1.77. The fraction of sp³-hybridized carbons (Fsp3) is 0.158. The quantitative estimate of drug-likeness (QED) is 0.595. The number of halogens is 1. The molecule has 0 unspecified atom stereocenters. The lowest BCUT2D eigenvalue weighted by Gasteiger charge is -2.23. The van der Waals surface area contributed by atoms with Crippen LogP contribution >= 0.6 is 27.3 Å². The lowest BCUT2D eigenvalue weighted by atomic mass is 10.1. The fourth-order valence-electron chi connectivity index (χ4n) is 2.44. The van der Waals surface area contributed by atoms with Crippen LogP contribution in [-0.4, -0.2) is 22.3 Å². The molecule has 3 rings (SSSR count). The number of nitrogens with zero attached hydrogens (tertiary/aromatic N) is 2. The molecular weight excluding hydrogens is 384 g/mol. The van der Waals surface area contributed by atoms with Crippen molar-refractivity contribution in [3.05, 3.63) is 86.8 Å². The highest BCUT2D eigenvalue weighted by Gasteiger charge is 2.16. The third kappa shape index (κ3) is 4.52.